The third kappa shape index (κ3) is 4.65. The normalized spacial score (nSPS) is 10.0. The quantitative estimate of drug-likeness (QED) is 0.694. The van der Waals surface area contributed by atoms with Crippen molar-refractivity contribution in [3.8, 4) is 11.8 Å². The molecule has 1 aromatic carbocycles. The van der Waals surface area contributed by atoms with Crippen LogP contribution in [0.2, 0.25) is 0 Å². The van der Waals surface area contributed by atoms with Crippen molar-refractivity contribution in [2.24, 2.45) is 0 Å². The first-order valence-electron chi connectivity index (χ1n) is 6.13. The highest BCUT2D eigenvalue weighted by Gasteiger charge is 1.98. The molecular weight excluding hydrogens is 316 g/mol. The molecule has 0 fully saturated rings. The van der Waals surface area contributed by atoms with Gasteiger partial charge in [0.2, 0.25) is 5.95 Å². The van der Waals surface area contributed by atoms with Crippen LogP contribution in [0.1, 0.15) is 5.56 Å². The highest BCUT2D eigenvalue weighted by atomic mass is 79.9. The van der Waals surface area contributed by atoms with Gasteiger partial charge < -0.3 is 5.32 Å². The SMILES string of the molecule is CN(C)CC#Cc1ccc(Nc2nccc(Br)n2)cc1. The van der Waals surface area contributed by atoms with E-state index in [0.29, 0.717) is 5.95 Å². The summed E-state index contributed by atoms with van der Waals surface area (Å²) in [5, 5.41) is 3.14. The van der Waals surface area contributed by atoms with E-state index in [1.165, 1.54) is 0 Å². The van der Waals surface area contributed by atoms with Gasteiger partial charge in [-0.2, -0.15) is 0 Å². The summed E-state index contributed by atoms with van der Waals surface area (Å²) >= 11 is 3.31. The number of rotatable bonds is 3. The van der Waals surface area contributed by atoms with Crippen LogP contribution in [-0.4, -0.2) is 35.5 Å². The minimum Gasteiger partial charge on any atom is -0.324 e. The van der Waals surface area contributed by atoms with Gasteiger partial charge in [-0.15, -0.1) is 0 Å². The van der Waals surface area contributed by atoms with Crippen molar-refractivity contribution < 1.29 is 0 Å². The van der Waals surface area contributed by atoms with Crippen molar-refractivity contribution in [3.63, 3.8) is 0 Å². The molecule has 0 unspecified atom stereocenters. The van der Waals surface area contributed by atoms with Crippen molar-refractivity contribution in [2.45, 2.75) is 0 Å². The first-order chi connectivity index (χ1) is 9.63. The van der Waals surface area contributed by atoms with Gasteiger partial charge in [-0.05, 0) is 60.4 Å². The number of nitrogens with one attached hydrogen (secondary N) is 1. The molecule has 20 heavy (non-hydrogen) atoms. The van der Waals surface area contributed by atoms with Crippen LogP contribution in [-0.2, 0) is 0 Å². The van der Waals surface area contributed by atoms with E-state index in [4.69, 9.17) is 0 Å². The number of nitrogens with zero attached hydrogens (tertiary/aromatic N) is 3. The summed E-state index contributed by atoms with van der Waals surface area (Å²) < 4.78 is 0.751. The maximum Gasteiger partial charge on any atom is 0.228 e. The molecular formula is C15H15BrN4. The molecule has 0 aliphatic carbocycles. The van der Waals surface area contributed by atoms with E-state index in [0.717, 1.165) is 22.4 Å². The van der Waals surface area contributed by atoms with E-state index in [2.05, 4.69) is 43.1 Å². The van der Waals surface area contributed by atoms with Gasteiger partial charge in [0.05, 0.1) is 6.54 Å². The van der Waals surface area contributed by atoms with Crippen LogP contribution in [0.15, 0.2) is 41.1 Å². The molecule has 5 heteroatoms. The second-order valence-electron chi connectivity index (χ2n) is 4.44. The Morgan fingerprint density at radius 3 is 2.60 bits per heavy atom. The fourth-order valence-corrected chi connectivity index (χ4v) is 1.75. The molecule has 102 valence electrons. The molecule has 2 rings (SSSR count). The van der Waals surface area contributed by atoms with Crippen LogP contribution >= 0.6 is 15.9 Å². The van der Waals surface area contributed by atoms with Gasteiger partial charge in [-0.3, -0.25) is 4.90 Å². The van der Waals surface area contributed by atoms with E-state index in [-0.39, 0.29) is 0 Å². The lowest BCUT2D eigenvalue weighted by Gasteiger charge is -2.04. The fourth-order valence-electron chi connectivity index (χ4n) is 1.46. The zero-order valence-corrected chi connectivity index (χ0v) is 13.0. The third-order valence-corrected chi connectivity index (χ3v) is 2.83. The van der Waals surface area contributed by atoms with Crippen molar-refractivity contribution in [3.05, 3.63) is 46.7 Å². The van der Waals surface area contributed by atoms with Gasteiger partial charge in [-0.1, -0.05) is 11.8 Å². The Kier molecular flexibility index (Phi) is 5.10. The predicted molar refractivity (Wildman–Crippen MR) is 84.9 cm³/mol. The Labute approximate surface area is 127 Å². The Bertz CT molecular complexity index is 626. The molecule has 0 saturated heterocycles. The van der Waals surface area contributed by atoms with Crippen molar-refractivity contribution in [2.75, 3.05) is 26.0 Å². The highest BCUT2D eigenvalue weighted by molar-refractivity contribution is 9.10. The van der Waals surface area contributed by atoms with Gasteiger partial charge in [0, 0.05) is 17.4 Å². The van der Waals surface area contributed by atoms with Crippen LogP contribution < -0.4 is 5.32 Å². The van der Waals surface area contributed by atoms with Gasteiger partial charge in [-0.25, -0.2) is 9.97 Å². The van der Waals surface area contributed by atoms with Crippen LogP contribution in [0.4, 0.5) is 11.6 Å². The third-order valence-electron chi connectivity index (χ3n) is 2.39. The molecule has 2 aromatic rings. The summed E-state index contributed by atoms with van der Waals surface area (Å²) in [5.74, 6) is 6.78. The lowest BCUT2D eigenvalue weighted by molar-refractivity contribution is 0.464. The molecule has 0 amide bonds. The molecule has 0 aliphatic heterocycles. The molecule has 1 N–H and O–H groups in total. The minimum absolute atomic E-state index is 0.561. The number of benzene rings is 1. The standard InChI is InChI=1S/C15H15BrN4/c1-20(2)11-3-4-12-5-7-13(8-6-12)18-15-17-10-9-14(16)19-15/h5-10H,11H2,1-2H3,(H,17,18,19). The highest BCUT2D eigenvalue weighted by Crippen LogP contribution is 2.15. The van der Waals surface area contributed by atoms with E-state index >= 15 is 0 Å². The van der Waals surface area contributed by atoms with Gasteiger partial charge >= 0.3 is 0 Å². The molecule has 0 atom stereocenters. The maximum atomic E-state index is 4.22. The number of hydrogen-bond acceptors (Lipinski definition) is 4. The first-order valence-corrected chi connectivity index (χ1v) is 6.92. The van der Waals surface area contributed by atoms with Gasteiger partial charge in [0.1, 0.15) is 4.60 Å². The zero-order valence-electron chi connectivity index (χ0n) is 11.4. The lowest BCUT2D eigenvalue weighted by Crippen LogP contribution is -2.10. The molecule has 1 heterocycles. The summed E-state index contributed by atoms with van der Waals surface area (Å²) in [4.78, 5) is 10.4. The lowest BCUT2D eigenvalue weighted by atomic mass is 10.2. The number of aromatic nitrogens is 2. The monoisotopic (exact) mass is 330 g/mol. The predicted octanol–water partition coefficient (Wildman–Crippen LogP) is 2.90. The van der Waals surface area contributed by atoms with Crippen LogP contribution in [0, 0.1) is 11.8 Å². The van der Waals surface area contributed by atoms with Crippen LogP contribution in [0.5, 0.6) is 0 Å². The average Bonchev–Trinajstić information content (AvgIpc) is 2.40. The van der Waals surface area contributed by atoms with Crippen molar-refractivity contribution >= 4 is 27.6 Å². The zero-order chi connectivity index (χ0) is 14.4. The molecule has 0 saturated carbocycles. The summed E-state index contributed by atoms with van der Waals surface area (Å²) in [6.45, 7) is 0.756. The van der Waals surface area contributed by atoms with E-state index in [1.807, 2.05) is 43.3 Å². The Balaban J connectivity index is 2.02. The van der Waals surface area contributed by atoms with E-state index in [9.17, 15) is 0 Å². The van der Waals surface area contributed by atoms with Crippen molar-refractivity contribution in [1.29, 1.82) is 0 Å². The van der Waals surface area contributed by atoms with E-state index in [1.54, 1.807) is 12.3 Å². The largest absolute Gasteiger partial charge is 0.324 e. The molecule has 1 aromatic heterocycles. The second-order valence-corrected chi connectivity index (χ2v) is 5.26. The molecule has 4 nitrogen and oxygen atoms in total. The number of anilines is 2. The Morgan fingerprint density at radius 2 is 1.95 bits per heavy atom. The summed E-state index contributed by atoms with van der Waals surface area (Å²) in [6, 6.07) is 9.66. The van der Waals surface area contributed by atoms with Crippen LogP contribution in [0.3, 0.4) is 0 Å². The Hall–Kier alpha value is -1.90. The minimum atomic E-state index is 0.561. The summed E-state index contributed by atoms with van der Waals surface area (Å²) in [7, 11) is 4.00. The molecule has 0 aliphatic rings. The smallest absolute Gasteiger partial charge is 0.228 e. The van der Waals surface area contributed by atoms with Crippen molar-refractivity contribution in [1.82, 2.24) is 14.9 Å². The molecule has 0 spiro atoms. The van der Waals surface area contributed by atoms with Crippen LogP contribution in [0.25, 0.3) is 0 Å². The fraction of sp³-hybridized carbons (Fsp3) is 0.200. The van der Waals surface area contributed by atoms with E-state index < -0.39 is 0 Å². The van der Waals surface area contributed by atoms with Gasteiger partial charge in [0.25, 0.3) is 0 Å². The molecule has 0 bridgehead atoms. The first kappa shape index (κ1) is 14.5. The topological polar surface area (TPSA) is 41.0 Å². The average molecular weight is 331 g/mol. The summed E-state index contributed by atoms with van der Waals surface area (Å²) in [6.07, 6.45) is 1.69. The summed E-state index contributed by atoms with van der Waals surface area (Å²) in [5.41, 5.74) is 1.92. The molecule has 0 radical (unpaired) electrons. The second kappa shape index (κ2) is 7.04. The van der Waals surface area contributed by atoms with Gasteiger partial charge in [0.15, 0.2) is 0 Å². The number of hydrogen-bond donors (Lipinski definition) is 1. The maximum absolute atomic E-state index is 4.22. The number of halogens is 1. The Morgan fingerprint density at radius 1 is 1.20 bits per heavy atom.